The average molecular weight is 386 g/mol. The van der Waals surface area contributed by atoms with Crippen LogP contribution in [0.1, 0.15) is 61.3 Å². The number of halogens is 1. The molecule has 142 valence electrons. The second-order valence-electron chi connectivity index (χ2n) is 8.98. The van der Waals surface area contributed by atoms with Crippen molar-refractivity contribution in [3.8, 4) is 0 Å². The summed E-state index contributed by atoms with van der Waals surface area (Å²) in [4.78, 5) is 28.2. The van der Waals surface area contributed by atoms with Gasteiger partial charge in [0.05, 0.1) is 16.3 Å². The van der Waals surface area contributed by atoms with Crippen LogP contribution >= 0.6 is 11.6 Å². The van der Waals surface area contributed by atoms with E-state index in [0.29, 0.717) is 45.5 Å². The van der Waals surface area contributed by atoms with Crippen LogP contribution in [0, 0.1) is 0 Å². The van der Waals surface area contributed by atoms with Gasteiger partial charge in [-0.1, -0.05) is 23.7 Å². The first-order chi connectivity index (χ1) is 12.5. The number of hydrogen-bond acceptors (Lipinski definition) is 4. The van der Waals surface area contributed by atoms with Crippen LogP contribution in [-0.2, 0) is 0 Å². The number of anilines is 1. The molecule has 2 aromatic rings. The second-order valence-corrected chi connectivity index (χ2v) is 9.39. The number of piperidine rings is 1. The van der Waals surface area contributed by atoms with E-state index in [1.807, 2.05) is 0 Å². The number of nitrogens with one attached hydrogen (secondary N) is 1. The molecule has 0 unspecified atom stereocenters. The Morgan fingerprint density at radius 2 is 1.67 bits per heavy atom. The summed E-state index contributed by atoms with van der Waals surface area (Å²) in [5.74, 6) is -0.539. The van der Waals surface area contributed by atoms with Gasteiger partial charge in [-0.15, -0.1) is 0 Å². The molecule has 2 aromatic carbocycles. The van der Waals surface area contributed by atoms with Crippen molar-refractivity contribution in [3.05, 3.63) is 40.4 Å². The lowest BCUT2D eigenvalue weighted by Crippen LogP contribution is -2.63. The van der Waals surface area contributed by atoms with E-state index in [-0.39, 0.29) is 28.9 Å². The van der Waals surface area contributed by atoms with E-state index < -0.39 is 0 Å². The maximum absolute atomic E-state index is 13.4. The molecule has 2 aliphatic heterocycles. The van der Waals surface area contributed by atoms with Gasteiger partial charge in [-0.2, -0.15) is 0 Å². The molecule has 0 bridgehead atoms. The van der Waals surface area contributed by atoms with Crippen molar-refractivity contribution in [2.45, 2.75) is 57.7 Å². The first-order valence-electron chi connectivity index (χ1n) is 9.19. The zero-order chi connectivity index (χ0) is 19.7. The van der Waals surface area contributed by atoms with Crippen molar-refractivity contribution >= 4 is 39.9 Å². The van der Waals surface area contributed by atoms with Gasteiger partial charge in [-0.25, -0.2) is 0 Å². The minimum atomic E-state index is -0.288. The van der Waals surface area contributed by atoms with Crippen LogP contribution in [0.25, 0.3) is 10.8 Å². The molecule has 1 fully saturated rings. The predicted octanol–water partition coefficient (Wildman–Crippen LogP) is 3.98. The topological polar surface area (TPSA) is 75.4 Å². The van der Waals surface area contributed by atoms with Gasteiger partial charge in [-0.3, -0.25) is 14.5 Å². The molecule has 0 aliphatic carbocycles. The minimum absolute atomic E-state index is 0.183. The second kappa shape index (κ2) is 5.69. The minimum Gasteiger partial charge on any atom is -0.397 e. The maximum atomic E-state index is 13.4. The van der Waals surface area contributed by atoms with Gasteiger partial charge in [0, 0.05) is 33.5 Å². The van der Waals surface area contributed by atoms with Gasteiger partial charge in [-0.05, 0) is 52.7 Å². The van der Waals surface area contributed by atoms with Crippen molar-refractivity contribution in [1.29, 1.82) is 0 Å². The summed E-state index contributed by atoms with van der Waals surface area (Å²) >= 11 is 6.28. The molecule has 3 N–H and O–H groups in total. The maximum Gasteiger partial charge on any atom is 0.261 e. The molecule has 6 heteroatoms. The zero-order valence-corrected chi connectivity index (χ0v) is 16.8. The summed E-state index contributed by atoms with van der Waals surface area (Å²) in [6, 6.07) is 6.77. The summed E-state index contributed by atoms with van der Waals surface area (Å²) in [6.07, 6.45) is 1.39. The van der Waals surface area contributed by atoms with Crippen LogP contribution in [0.4, 0.5) is 5.69 Å². The van der Waals surface area contributed by atoms with Gasteiger partial charge in [0.15, 0.2) is 0 Å². The number of nitrogens with zero attached hydrogens (tertiary/aromatic N) is 1. The SMILES string of the molecule is CC1(C)CC(N2C(=O)c3cccc4c(N)c(Cl)cc(c34)C2=O)CC(C)(C)N1. The van der Waals surface area contributed by atoms with Gasteiger partial charge in [0.2, 0.25) is 0 Å². The molecular weight excluding hydrogens is 362 g/mol. The Kier molecular flexibility index (Phi) is 3.85. The normalized spacial score (nSPS) is 21.7. The highest BCUT2D eigenvalue weighted by Gasteiger charge is 2.45. The number of rotatable bonds is 1. The molecule has 0 saturated carbocycles. The molecule has 0 aromatic heterocycles. The highest BCUT2D eigenvalue weighted by molar-refractivity contribution is 6.37. The van der Waals surface area contributed by atoms with Crippen LogP contribution in [0.5, 0.6) is 0 Å². The number of imide groups is 1. The molecule has 2 aliphatic rings. The van der Waals surface area contributed by atoms with Gasteiger partial charge in [0.25, 0.3) is 11.8 Å². The molecular formula is C21H24ClN3O2. The van der Waals surface area contributed by atoms with Crippen molar-refractivity contribution in [2.24, 2.45) is 0 Å². The molecule has 27 heavy (non-hydrogen) atoms. The largest absolute Gasteiger partial charge is 0.397 e. The van der Waals surface area contributed by atoms with Gasteiger partial charge >= 0.3 is 0 Å². The van der Waals surface area contributed by atoms with E-state index in [2.05, 4.69) is 33.0 Å². The average Bonchev–Trinajstić information content (AvgIpc) is 2.53. The number of hydrogen-bond donors (Lipinski definition) is 2. The lowest BCUT2D eigenvalue weighted by Gasteiger charge is -2.49. The van der Waals surface area contributed by atoms with Gasteiger partial charge in [0.1, 0.15) is 0 Å². The molecule has 0 atom stereocenters. The Labute approximate surface area is 163 Å². The van der Waals surface area contributed by atoms with Crippen molar-refractivity contribution in [2.75, 3.05) is 5.73 Å². The van der Waals surface area contributed by atoms with Crippen molar-refractivity contribution < 1.29 is 9.59 Å². The smallest absolute Gasteiger partial charge is 0.261 e. The van der Waals surface area contributed by atoms with E-state index in [4.69, 9.17) is 17.3 Å². The Hall–Kier alpha value is -2.11. The number of carbonyl (C=O) groups is 2. The molecule has 1 saturated heterocycles. The number of amides is 2. The van der Waals surface area contributed by atoms with Crippen LogP contribution in [0.3, 0.4) is 0 Å². The molecule has 2 heterocycles. The molecule has 4 rings (SSSR count). The zero-order valence-electron chi connectivity index (χ0n) is 16.0. The number of benzene rings is 2. The quantitative estimate of drug-likeness (QED) is 0.575. The van der Waals surface area contributed by atoms with E-state index in [9.17, 15) is 9.59 Å². The number of carbonyl (C=O) groups excluding carboxylic acids is 2. The van der Waals surface area contributed by atoms with Crippen LogP contribution < -0.4 is 11.1 Å². The highest BCUT2D eigenvalue weighted by atomic mass is 35.5. The molecule has 0 spiro atoms. The van der Waals surface area contributed by atoms with Crippen molar-refractivity contribution in [1.82, 2.24) is 10.2 Å². The predicted molar refractivity (Wildman–Crippen MR) is 108 cm³/mol. The lowest BCUT2D eigenvalue weighted by atomic mass is 9.78. The van der Waals surface area contributed by atoms with Crippen molar-refractivity contribution in [3.63, 3.8) is 0 Å². The van der Waals surface area contributed by atoms with E-state index in [0.717, 1.165) is 0 Å². The van der Waals surface area contributed by atoms with E-state index >= 15 is 0 Å². The summed E-state index contributed by atoms with van der Waals surface area (Å²) in [5, 5.41) is 5.20. The Morgan fingerprint density at radius 3 is 2.30 bits per heavy atom. The summed E-state index contributed by atoms with van der Waals surface area (Å²) in [7, 11) is 0. The lowest BCUT2D eigenvalue weighted by molar-refractivity contribution is 0.0370. The summed E-state index contributed by atoms with van der Waals surface area (Å²) < 4.78 is 0. The first-order valence-corrected chi connectivity index (χ1v) is 9.56. The molecule has 2 amide bonds. The summed E-state index contributed by atoms with van der Waals surface area (Å²) in [5.41, 5.74) is 7.10. The fourth-order valence-corrected chi connectivity index (χ4v) is 5.16. The van der Waals surface area contributed by atoms with Crippen LogP contribution in [0.15, 0.2) is 24.3 Å². The highest BCUT2D eigenvalue weighted by Crippen LogP contribution is 2.40. The first kappa shape index (κ1) is 18.3. The fourth-order valence-electron chi connectivity index (χ4n) is 4.95. The number of nitrogen functional groups attached to an aromatic ring is 1. The Bertz CT molecular complexity index is 981. The fraction of sp³-hybridized carbons (Fsp3) is 0.429. The Balaban J connectivity index is 1.88. The molecule has 0 radical (unpaired) electrons. The van der Waals surface area contributed by atoms with E-state index in [1.54, 1.807) is 24.3 Å². The standard InChI is InChI=1S/C21H24ClN3O2/c1-20(2)9-11(10-21(3,4)24-20)25-18(26)13-7-5-6-12-16(13)14(19(25)27)8-15(22)17(12)23/h5-8,11,24H,9-10,23H2,1-4H3. The Morgan fingerprint density at radius 1 is 1.07 bits per heavy atom. The van der Waals surface area contributed by atoms with Gasteiger partial charge < -0.3 is 11.1 Å². The third-order valence-electron chi connectivity index (χ3n) is 5.58. The third-order valence-corrected chi connectivity index (χ3v) is 5.90. The van der Waals surface area contributed by atoms with E-state index in [1.165, 1.54) is 4.90 Å². The number of nitrogens with two attached hydrogens (primary N) is 1. The molecule has 5 nitrogen and oxygen atoms in total. The van der Waals surface area contributed by atoms with Crippen LogP contribution in [-0.4, -0.2) is 33.8 Å². The monoisotopic (exact) mass is 385 g/mol. The van der Waals surface area contributed by atoms with Crippen LogP contribution in [0.2, 0.25) is 5.02 Å². The summed E-state index contributed by atoms with van der Waals surface area (Å²) in [6.45, 7) is 8.41. The third kappa shape index (κ3) is 2.80.